The largest absolute Gasteiger partial charge is 0.245 e. The van der Waals surface area contributed by atoms with Crippen LogP contribution in [0.5, 0.6) is 0 Å². The van der Waals surface area contributed by atoms with E-state index in [4.69, 9.17) is 9.97 Å². The summed E-state index contributed by atoms with van der Waals surface area (Å²) in [5.41, 5.74) is 10.8. The fourth-order valence-corrected chi connectivity index (χ4v) is 15.4. The van der Waals surface area contributed by atoms with Gasteiger partial charge < -0.3 is 0 Å². The third-order valence-electron chi connectivity index (χ3n) is 13.5. The van der Waals surface area contributed by atoms with Crippen molar-refractivity contribution >= 4 is 148 Å². The summed E-state index contributed by atoms with van der Waals surface area (Å²) in [6.07, 6.45) is 0. The first-order valence-electron chi connectivity index (χ1n) is 22.1. The Hall–Kier alpha value is -7.32. The monoisotopic (exact) mass is 908 g/mol. The highest BCUT2D eigenvalue weighted by Gasteiger charge is 2.23. The minimum Gasteiger partial charge on any atom is -0.245 e. The van der Waals surface area contributed by atoms with E-state index in [1.54, 1.807) is 0 Å². The van der Waals surface area contributed by atoms with Crippen molar-refractivity contribution in [1.82, 2.24) is 9.97 Å². The molecule has 6 aromatic heterocycles. The Morgan fingerprint density at radius 2 is 0.515 bits per heavy atom. The lowest BCUT2D eigenvalue weighted by Gasteiger charge is -2.16. The van der Waals surface area contributed by atoms with Crippen LogP contribution in [0.15, 0.2) is 194 Å². The van der Waals surface area contributed by atoms with E-state index in [1.165, 1.54) is 103 Å². The molecule has 0 amide bonds. The number of fused-ring (bicyclic) bond motifs is 15. The van der Waals surface area contributed by atoms with Gasteiger partial charge in [0.25, 0.3) is 0 Å². The number of thiophene rings is 4. The molecule has 0 radical (unpaired) electrons. The number of pyridine rings is 2. The van der Waals surface area contributed by atoms with Crippen LogP contribution < -0.4 is 0 Å². The molecule has 2 nitrogen and oxygen atoms in total. The quantitative estimate of drug-likeness (QED) is 0.164. The van der Waals surface area contributed by atoms with Crippen molar-refractivity contribution in [3.05, 3.63) is 194 Å². The average molecular weight is 909 g/mol. The Kier molecular flexibility index (Phi) is 7.89. The number of hydrogen-bond acceptors (Lipinski definition) is 6. The zero-order valence-corrected chi connectivity index (χ0v) is 38.3. The molecule has 306 valence electrons. The van der Waals surface area contributed by atoms with Gasteiger partial charge in [-0.05, 0) is 47.5 Å². The molecule has 0 aliphatic rings. The smallest absolute Gasteiger partial charge is 0.0978 e. The maximum Gasteiger partial charge on any atom is 0.0978 e. The van der Waals surface area contributed by atoms with Crippen molar-refractivity contribution in [2.45, 2.75) is 0 Å². The predicted octanol–water partition coefficient (Wildman–Crippen LogP) is 18.9. The van der Waals surface area contributed by atoms with Gasteiger partial charge in [0.05, 0.1) is 22.4 Å². The number of benzene rings is 9. The first kappa shape index (κ1) is 37.0. The molecule has 0 unspecified atom stereocenters. The van der Waals surface area contributed by atoms with Crippen molar-refractivity contribution in [3.63, 3.8) is 0 Å². The normalized spacial score (nSPS) is 12.2. The van der Waals surface area contributed by atoms with E-state index in [0.717, 1.165) is 44.3 Å². The van der Waals surface area contributed by atoms with Gasteiger partial charge in [0.2, 0.25) is 0 Å². The van der Waals surface area contributed by atoms with Gasteiger partial charge in [0.1, 0.15) is 0 Å². The van der Waals surface area contributed by atoms with Crippen molar-refractivity contribution in [2.24, 2.45) is 0 Å². The van der Waals surface area contributed by atoms with Crippen LogP contribution in [0.3, 0.4) is 0 Å². The second kappa shape index (κ2) is 14.1. The highest BCUT2D eigenvalue weighted by Crippen LogP contribution is 2.49. The predicted molar refractivity (Wildman–Crippen MR) is 290 cm³/mol. The number of hydrogen-bond donors (Lipinski definition) is 0. The lowest BCUT2D eigenvalue weighted by molar-refractivity contribution is 1.38. The van der Waals surface area contributed by atoms with Crippen LogP contribution in [0, 0.1) is 0 Å². The van der Waals surface area contributed by atoms with Gasteiger partial charge in [-0.25, -0.2) is 9.97 Å². The van der Waals surface area contributed by atoms with Crippen molar-refractivity contribution in [1.29, 1.82) is 0 Å². The van der Waals surface area contributed by atoms with Crippen LogP contribution in [0.1, 0.15) is 0 Å². The maximum absolute atomic E-state index is 5.82. The minimum atomic E-state index is 0.909. The Morgan fingerprint density at radius 1 is 0.227 bits per heavy atom. The molecule has 9 aromatic carbocycles. The summed E-state index contributed by atoms with van der Waals surface area (Å²) in [6.45, 7) is 0. The summed E-state index contributed by atoms with van der Waals surface area (Å²) >= 11 is 7.46. The van der Waals surface area contributed by atoms with E-state index in [2.05, 4.69) is 194 Å². The van der Waals surface area contributed by atoms with Crippen LogP contribution in [-0.2, 0) is 0 Å². The van der Waals surface area contributed by atoms with E-state index in [1.807, 2.05) is 45.3 Å². The van der Waals surface area contributed by atoms with Gasteiger partial charge in [-0.1, -0.05) is 158 Å². The van der Waals surface area contributed by atoms with Gasteiger partial charge >= 0.3 is 0 Å². The summed E-state index contributed by atoms with van der Waals surface area (Å²) in [5.74, 6) is 0. The molecule has 0 fully saturated rings. The molecule has 15 rings (SSSR count). The Bertz CT molecular complexity index is 4260. The molecule has 15 aromatic rings. The number of rotatable bonds is 4. The lowest BCUT2D eigenvalue weighted by atomic mass is 9.92. The van der Waals surface area contributed by atoms with Gasteiger partial charge in [0, 0.05) is 114 Å². The Labute approximate surface area is 393 Å². The molecular weight excluding hydrogens is 877 g/mol. The van der Waals surface area contributed by atoms with E-state index in [9.17, 15) is 0 Å². The highest BCUT2D eigenvalue weighted by atomic mass is 32.1. The molecule has 66 heavy (non-hydrogen) atoms. The topological polar surface area (TPSA) is 25.8 Å². The molecule has 6 heterocycles. The SMILES string of the molecule is c1ccc2c(c1)sc1c(-c3cc(-c4cccc5c4sc4ccccc45)c4ccc5c(-c6cccc7c6sc6ccccc67)cc(-c6cccc7c6sc6ccccc67)nc5c4n3)cccc12. The zero-order valence-electron chi connectivity index (χ0n) is 35.0. The number of aromatic nitrogens is 2. The molecule has 0 bridgehead atoms. The molecule has 0 saturated heterocycles. The molecule has 0 N–H and O–H groups in total. The summed E-state index contributed by atoms with van der Waals surface area (Å²) in [6, 6.07) is 71.5. The van der Waals surface area contributed by atoms with Crippen molar-refractivity contribution < 1.29 is 0 Å². The molecule has 0 aliphatic heterocycles. The first-order valence-corrected chi connectivity index (χ1v) is 25.4. The first-order chi connectivity index (χ1) is 32.7. The lowest BCUT2D eigenvalue weighted by Crippen LogP contribution is -1.96. The van der Waals surface area contributed by atoms with Crippen molar-refractivity contribution in [3.8, 4) is 44.8 Å². The van der Waals surface area contributed by atoms with E-state index >= 15 is 0 Å². The number of nitrogens with zero attached hydrogens (tertiary/aromatic N) is 2. The minimum absolute atomic E-state index is 0.909. The third-order valence-corrected chi connectivity index (χ3v) is 18.4. The Balaban J connectivity index is 1.10. The van der Waals surface area contributed by atoms with Crippen LogP contribution in [0.25, 0.3) is 147 Å². The standard InChI is InChI=1S/C60H32N2S4/c1-5-25-51-33(13-1)39-17-9-21-43(57(39)63-51)47-31-49(45-23-11-19-41-35-15-3-7-27-53(35)65-59(41)45)61-55-37(47)29-30-38-48(44-22-10-18-40-34-14-2-6-26-52(34)64-58(40)44)32-50(62-56(38)55)46-24-12-20-42-36-16-4-8-28-54(36)66-60(42)46/h1-32H. The van der Waals surface area contributed by atoms with Gasteiger partial charge in [-0.2, -0.15) is 0 Å². The molecule has 6 heteroatoms. The van der Waals surface area contributed by atoms with Gasteiger partial charge in [-0.15, -0.1) is 45.3 Å². The van der Waals surface area contributed by atoms with Gasteiger partial charge in [-0.3, -0.25) is 0 Å². The summed E-state index contributed by atoms with van der Waals surface area (Å²) < 4.78 is 10.2. The molecule has 0 spiro atoms. The maximum atomic E-state index is 5.82. The van der Waals surface area contributed by atoms with Crippen LogP contribution in [-0.4, -0.2) is 9.97 Å². The molecular formula is C60H32N2S4. The second-order valence-electron chi connectivity index (χ2n) is 17.1. The fourth-order valence-electron chi connectivity index (χ4n) is 10.5. The van der Waals surface area contributed by atoms with Crippen LogP contribution in [0.2, 0.25) is 0 Å². The van der Waals surface area contributed by atoms with E-state index < -0.39 is 0 Å². The third kappa shape index (κ3) is 5.32. The van der Waals surface area contributed by atoms with Crippen molar-refractivity contribution in [2.75, 3.05) is 0 Å². The summed E-state index contributed by atoms with van der Waals surface area (Å²) in [5, 5.41) is 12.4. The zero-order chi connectivity index (χ0) is 43.0. The molecule has 0 saturated carbocycles. The van der Waals surface area contributed by atoms with Crippen LogP contribution in [0.4, 0.5) is 0 Å². The highest BCUT2D eigenvalue weighted by molar-refractivity contribution is 7.27. The second-order valence-corrected chi connectivity index (χ2v) is 21.3. The van der Waals surface area contributed by atoms with Crippen LogP contribution >= 0.6 is 45.3 Å². The summed E-state index contributed by atoms with van der Waals surface area (Å²) in [4.78, 5) is 11.6. The Morgan fingerprint density at radius 3 is 0.864 bits per heavy atom. The van der Waals surface area contributed by atoms with E-state index in [0.29, 0.717) is 0 Å². The molecule has 0 aliphatic carbocycles. The summed E-state index contributed by atoms with van der Waals surface area (Å²) in [7, 11) is 0. The van der Waals surface area contributed by atoms with E-state index in [-0.39, 0.29) is 0 Å². The fraction of sp³-hybridized carbons (Fsp3) is 0. The average Bonchev–Trinajstić information content (AvgIpc) is 4.16. The molecule has 0 atom stereocenters. The van der Waals surface area contributed by atoms with Gasteiger partial charge in [0.15, 0.2) is 0 Å².